The summed E-state index contributed by atoms with van der Waals surface area (Å²) in [4.78, 5) is 2.51. The summed E-state index contributed by atoms with van der Waals surface area (Å²) in [6.07, 6.45) is 2.20. The van der Waals surface area contributed by atoms with Gasteiger partial charge < -0.3 is 5.32 Å². The minimum Gasteiger partial charge on any atom is -0.381 e. The molecule has 0 spiro atoms. The fraction of sp³-hybridized carbons (Fsp3) is 0.562. The number of rotatable bonds is 2. The highest BCUT2D eigenvalue weighted by atomic mass is 35.5. The van der Waals surface area contributed by atoms with Crippen LogP contribution >= 0.6 is 11.6 Å². The Hall–Kier alpha value is -1.24. The zero-order valence-corrected chi connectivity index (χ0v) is 13.2. The highest BCUT2D eigenvalue weighted by Gasteiger charge is 2.27. The first-order valence-corrected chi connectivity index (χ1v) is 7.49. The van der Waals surface area contributed by atoms with Gasteiger partial charge in [0.05, 0.1) is 11.3 Å². The van der Waals surface area contributed by atoms with Gasteiger partial charge in [0.2, 0.25) is 0 Å². The van der Waals surface area contributed by atoms with Gasteiger partial charge in [-0.25, -0.2) is 0 Å². The van der Waals surface area contributed by atoms with E-state index in [1.807, 2.05) is 12.1 Å². The summed E-state index contributed by atoms with van der Waals surface area (Å²) >= 11 is 5.92. The van der Waals surface area contributed by atoms with Gasteiger partial charge in [0.25, 0.3) is 0 Å². The Bertz CT molecular complexity index is 505. The fourth-order valence-electron chi connectivity index (χ4n) is 2.65. The third-order valence-electron chi connectivity index (χ3n) is 3.91. The Balaban J connectivity index is 1.98. The normalized spacial score (nSPS) is 17.8. The highest BCUT2D eigenvalue weighted by Crippen LogP contribution is 2.25. The van der Waals surface area contributed by atoms with E-state index in [0.29, 0.717) is 16.6 Å². The number of nitrogens with one attached hydrogen (secondary N) is 1. The second-order valence-electron chi connectivity index (χ2n) is 6.38. The predicted molar refractivity (Wildman–Crippen MR) is 84.1 cm³/mol. The van der Waals surface area contributed by atoms with Crippen molar-refractivity contribution in [2.24, 2.45) is 0 Å². The van der Waals surface area contributed by atoms with E-state index in [4.69, 9.17) is 16.9 Å². The SMILES string of the molecule is CC(C)(C)N1CCC(Nc2ccc(Cl)cc2C#N)CC1. The maximum atomic E-state index is 9.16. The largest absolute Gasteiger partial charge is 0.381 e. The van der Waals surface area contributed by atoms with E-state index in [1.54, 1.807) is 6.07 Å². The molecule has 0 amide bonds. The molecule has 1 heterocycles. The molecular formula is C16H22ClN3. The quantitative estimate of drug-likeness (QED) is 0.898. The van der Waals surface area contributed by atoms with E-state index >= 15 is 0 Å². The molecule has 1 aromatic rings. The first kappa shape index (κ1) is 15.2. The lowest BCUT2D eigenvalue weighted by Gasteiger charge is -2.41. The van der Waals surface area contributed by atoms with Crippen LogP contribution in [-0.2, 0) is 0 Å². The Morgan fingerprint density at radius 3 is 2.50 bits per heavy atom. The number of anilines is 1. The third-order valence-corrected chi connectivity index (χ3v) is 4.14. The summed E-state index contributed by atoms with van der Waals surface area (Å²) in [6.45, 7) is 8.96. The van der Waals surface area contributed by atoms with Gasteiger partial charge in [-0.2, -0.15) is 5.26 Å². The van der Waals surface area contributed by atoms with Gasteiger partial charge in [0, 0.05) is 29.7 Å². The van der Waals surface area contributed by atoms with Gasteiger partial charge in [-0.15, -0.1) is 0 Å². The molecule has 0 aromatic heterocycles. The third kappa shape index (κ3) is 3.65. The Kier molecular flexibility index (Phi) is 4.57. The molecule has 20 heavy (non-hydrogen) atoms. The molecular weight excluding hydrogens is 270 g/mol. The van der Waals surface area contributed by atoms with E-state index in [2.05, 4.69) is 37.1 Å². The van der Waals surface area contributed by atoms with Gasteiger partial charge in [0.15, 0.2) is 0 Å². The van der Waals surface area contributed by atoms with Gasteiger partial charge in [-0.05, 0) is 51.8 Å². The summed E-state index contributed by atoms with van der Waals surface area (Å²) in [6, 6.07) is 8.08. The smallest absolute Gasteiger partial charge is 0.101 e. The molecule has 1 aromatic carbocycles. The number of halogens is 1. The van der Waals surface area contributed by atoms with Gasteiger partial charge in [-0.1, -0.05) is 11.6 Å². The summed E-state index contributed by atoms with van der Waals surface area (Å²) in [5.41, 5.74) is 1.75. The molecule has 0 atom stereocenters. The van der Waals surface area contributed by atoms with E-state index in [0.717, 1.165) is 31.6 Å². The molecule has 0 bridgehead atoms. The van der Waals surface area contributed by atoms with E-state index in [1.165, 1.54) is 0 Å². The lowest BCUT2D eigenvalue weighted by atomic mass is 9.97. The van der Waals surface area contributed by atoms with Gasteiger partial charge in [0.1, 0.15) is 6.07 Å². The van der Waals surface area contributed by atoms with Crippen LogP contribution in [0.1, 0.15) is 39.2 Å². The number of nitriles is 1. The fourth-order valence-corrected chi connectivity index (χ4v) is 2.82. The summed E-state index contributed by atoms with van der Waals surface area (Å²) in [5, 5.41) is 13.3. The standard InChI is InChI=1S/C16H22ClN3/c1-16(2,3)20-8-6-14(7-9-20)19-15-5-4-13(17)10-12(15)11-18/h4-5,10,14,19H,6-9H2,1-3H3. The Morgan fingerprint density at radius 2 is 1.95 bits per heavy atom. The van der Waals surface area contributed by atoms with Crippen molar-refractivity contribution in [3.8, 4) is 6.07 Å². The molecule has 1 N–H and O–H groups in total. The van der Waals surface area contributed by atoms with Crippen LogP contribution in [0.3, 0.4) is 0 Å². The average Bonchev–Trinajstić information content (AvgIpc) is 2.40. The predicted octanol–water partition coefficient (Wildman–Crippen LogP) is 3.89. The molecule has 1 aliphatic rings. The van der Waals surface area contributed by atoms with Crippen LogP contribution in [0.25, 0.3) is 0 Å². The number of piperidine rings is 1. The Labute approximate surface area is 126 Å². The van der Waals surface area contributed by atoms with Crippen LogP contribution in [0.15, 0.2) is 18.2 Å². The number of likely N-dealkylation sites (tertiary alicyclic amines) is 1. The number of hydrogen-bond acceptors (Lipinski definition) is 3. The second-order valence-corrected chi connectivity index (χ2v) is 6.81. The summed E-state index contributed by atoms with van der Waals surface area (Å²) < 4.78 is 0. The number of benzene rings is 1. The van der Waals surface area contributed by atoms with Crippen LogP contribution in [0.5, 0.6) is 0 Å². The molecule has 1 fully saturated rings. The monoisotopic (exact) mass is 291 g/mol. The first-order valence-electron chi connectivity index (χ1n) is 7.11. The van der Waals surface area contributed by atoms with E-state index < -0.39 is 0 Å². The summed E-state index contributed by atoms with van der Waals surface area (Å²) in [7, 11) is 0. The molecule has 4 heteroatoms. The molecule has 1 aliphatic heterocycles. The molecule has 3 nitrogen and oxygen atoms in total. The lowest BCUT2D eigenvalue weighted by Crippen LogP contribution is -2.48. The van der Waals surface area contributed by atoms with Crippen molar-refractivity contribution < 1.29 is 0 Å². The maximum absolute atomic E-state index is 9.16. The molecule has 2 rings (SSSR count). The van der Waals surface area contributed by atoms with Crippen molar-refractivity contribution in [3.63, 3.8) is 0 Å². The van der Waals surface area contributed by atoms with Crippen LogP contribution < -0.4 is 5.32 Å². The van der Waals surface area contributed by atoms with Crippen LogP contribution in [0.2, 0.25) is 5.02 Å². The minimum atomic E-state index is 0.239. The highest BCUT2D eigenvalue weighted by molar-refractivity contribution is 6.30. The van der Waals surface area contributed by atoms with Crippen molar-refractivity contribution in [1.82, 2.24) is 4.90 Å². The van der Waals surface area contributed by atoms with Crippen molar-refractivity contribution in [2.75, 3.05) is 18.4 Å². The minimum absolute atomic E-state index is 0.239. The van der Waals surface area contributed by atoms with Gasteiger partial charge in [-0.3, -0.25) is 4.90 Å². The summed E-state index contributed by atoms with van der Waals surface area (Å²) in [5.74, 6) is 0. The molecule has 108 valence electrons. The van der Waals surface area contributed by atoms with E-state index in [-0.39, 0.29) is 5.54 Å². The Morgan fingerprint density at radius 1 is 1.30 bits per heavy atom. The zero-order valence-electron chi connectivity index (χ0n) is 12.4. The number of nitrogens with zero attached hydrogens (tertiary/aromatic N) is 2. The molecule has 0 unspecified atom stereocenters. The maximum Gasteiger partial charge on any atom is 0.101 e. The van der Waals surface area contributed by atoms with Crippen molar-refractivity contribution in [2.45, 2.75) is 45.2 Å². The lowest BCUT2D eigenvalue weighted by molar-refractivity contribution is 0.106. The van der Waals surface area contributed by atoms with Crippen molar-refractivity contribution in [1.29, 1.82) is 5.26 Å². The van der Waals surface area contributed by atoms with Crippen LogP contribution in [0.4, 0.5) is 5.69 Å². The first-order chi connectivity index (χ1) is 9.40. The van der Waals surface area contributed by atoms with Crippen molar-refractivity contribution >= 4 is 17.3 Å². The topological polar surface area (TPSA) is 39.1 Å². The molecule has 1 saturated heterocycles. The van der Waals surface area contributed by atoms with E-state index in [9.17, 15) is 0 Å². The van der Waals surface area contributed by atoms with Crippen molar-refractivity contribution in [3.05, 3.63) is 28.8 Å². The average molecular weight is 292 g/mol. The molecule has 0 radical (unpaired) electrons. The van der Waals surface area contributed by atoms with Crippen LogP contribution in [-0.4, -0.2) is 29.6 Å². The second kappa shape index (κ2) is 6.03. The van der Waals surface area contributed by atoms with Crippen LogP contribution in [0, 0.1) is 11.3 Å². The molecule has 0 aliphatic carbocycles. The number of hydrogen-bond donors (Lipinski definition) is 1. The van der Waals surface area contributed by atoms with Gasteiger partial charge >= 0.3 is 0 Å². The zero-order chi connectivity index (χ0) is 14.8. The molecule has 0 saturated carbocycles.